The zero-order chi connectivity index (χ0) is 11.0. The molecule has 0 bridgehead atoms. The number of hydrogen-bond acceptors (Lipinski definition) is 2. The summed E-state index contributed by atoms with van der Waals surface area (Å²) in [7, 11) is 0. The average Bonchev–Trinajstić information content (AvgIpc) is 2.87. The van der Waals surface area contributed by atoms with Gasteiger partial charge in [0.05, 0.1) is 11.2 Å². The maximum absolute atomic E-state index is 4.86. The van der Waals surface area contributed by atoms with Crippen molar-refractivity contribution >= 4 is 0 Å². The van der Waals surface area contributed by atoms with E-state index in [1.165, 1.54) is 43.6 Å². The van der Waals surface area contributed by atoms with E-state index in [2.05, 4.69) is 23.0 Å². The molecule has 0 saturated heterocycles. The van der Waals surface area contributed by atoms with Crippen LogP contribution in [0.25, 0.3) is 0 Å². The molecule has 3 rings (SSSR count). The van der Waals surface area contributed by atoms with E-state index >= 15 is 0 Å². The van der Waals surface area contributed by atoms with Crippen LogP contribution in [0.3, 0.4) is 0 Å². The van der Waals surface area contributed by atoms with Gasteiger partial charge in [-0.25, -0.2) is 4.98 Å². The smallest absolute Gasteiger partial charge is 0.129 e. The fourth-order valence-corrected chi connectivity index (χ4v) is 3.23. The van der Waals surface area contributed by atoms with Crippen molar-refractivity contribution in [1.29, 1.82) is 0 Å². The Labute approximate surface area is 97.3 Å². The van der Waals surface area contributed by atoms with Crippen molar-refractivity contribution in [3.63, 3.8) is 0 Å². The molecule has 88 valence electrons. The highest BCUT2D eigenvalue weighted by Crippen LogP contribution is 2.39. The van der Waals surface area contributed by atoms with Crippen LogP contribution < -0.4 is 5.32 Å². The maximum Gasteiger partial charge on any atom is 0.129 e. The van der Waals surface area contributed by atoms with Gasteiger partial charge in [-0.1, -0.05) is 19.8 Å². The second-order valence-electron chi connectivity index (χ2n) is 5.17. The third-order valence-corrected chi connectivity index (χ3v) is 4.11. The molecule has 3 nitrogen and oxygen atoms in total. The summed E-state index contributed by atoms with van der Waals surface area (Å²) < 4.78 is 2.41. The van der Waals surface area contributed by atoms with Gasteiger partial charge in [0.15, 0.2) is 0 Å². The first kappa shape index (κ1) is 10.3. The van der Waals surface area contributed by atoms with Crippen LogP contribution in [0.1, 0.15) is 50.5 Å². The van der Waals surface area contributed by atoms with Crippen molar-refractivity contribution in [1.82, 2.24) is 14.9 Å². The number of rotatable bonds is 1. The van der Waals surface area contributed by atoms with E-state index < -0.39 is 0 Å². The Morgan fingerprint density at radius 3 is 2.94 bits per heavy atom. The first-order valence-electron chi connectivity index (χ1n) is 6.66. The van der Waals surface area contributed by atoms with Crippen molar-refractivity contribution in [2.24, 2.45) is 0 Å². The molecule has 1 saturated carbocycles. The molecule has 1 aliphatic heterocycles. The van der Waals surface area contributed by atoms with Gasteiger partial charge in [0.25, 0.3) is 0 Å². The molecule has 1 aliphatic carbocycles. The van der Waals surface area contributed by atoms with Crippen molar-refractivity contribution in [2.45, 2.75) is 57.5 Å². The minimum Gasteiger partial charge on any atom is -0.333 e. The van der Waals surface area contributed by atoms with Gasteiger partial charge in [0.2, 0.25) is 0 Å². The third-order valence-electron chi connectivity index (χ3n) is 4.11. The summed E-state index contributed by atoms with van der Waals surface area (Å²) in [4.78, 5) is 4.86. The Bertz CT molecular complexity index is 375. The van der Waals surface area contributed by atoms with Gasteiger partial charge >= 0.3 is 0 Å². The number of nitrogens with one attached hydrogen (secondary N) is 1. The van der Waals surface area contributed by atoms with E-state index in [4.69, 9.17) is 4.98 Å². The molecule has 2 aliphatic rings. The van der Waals surface area contributed by atoms with E-state index in [1.54, 1.807) is 0 Å². The second kappa shape index (κ2) is 3.88. The molecule has 0 aromatic carbocycles. The lowest BCUT2D eigenvalue weighted by Gasteiger charge is -2.28. The molecule has 1 N–H and O–H groups in total. The fourth-order valence-electron chi connectivity index (χ4n) is 3.23. The van der Waals surface area contributed by atoms with Gasteiger partial charge < -0.3 is 9.88 Å². The van der Waals surface area contributed by atoms with Gasteiger partial charge in [-0.05, 0) is 32.2 Å². The zero-order valence-corrected chi connectivity index (χ0v) is 10.1. The lowest BCUT2D eigenvalue weighted by atomic mass is 9.96. The summed E-state index contributed by atoms with van der Waals surface area (Å²) in [5.41, 5.74) is 1.47. The normalized spacial score (nSPS) is 23.3. The monoisotopic (exact) mass is 219 g/mol. The van der Waals surface area contributed by atoms with Crippen molar-refractivity contribution < 1.29 is 0 Å². The molecule has 1 fully saturated rings. The van der Waals surface area contributed by atoms with Crippen LogP contribution in [0, 0.1) is 0 Å². The standard InChI is InChI=1S/C13H21N3/c1-2-11-10-16-9-5-8-14-13(12(16)15-11)6-3-4-7-13/h10,14H,2-9H2,1H3. The third kappa shape index (κ3) is 1.49. The molecule has 3 heteroatoms. The van der Waals surface area contributed by atoms with Crippen LogP contribution in [0.15, 0.2) is 6.20 Å². The largest absolute Gasteiger partial charge is 0.333 e. The number of aromatic nitrogens is 2. The minimum atomic E-state index is 0.212. The van der Waals surface area contributed by atoms with Crippen LogP contribution in [-0.2, 0) is 18.5 Å². The molecule has 0 radical (unpaired) electrons. The van der Waals surface area contributed by atoms with E-state index in [0.29, 0.717) is 0 Å². The average molecular weight is 219 g/mol. The topological polar surface area (TPSA) is 29.9 Å². The Balaban J connectivity index is 2.05. The van der Waals surface area contributed by atoms with Crippen LogP contribution in [0.2, 0.25) is 0 Å². The number of imidazole rings is 1. The molecule has 0 amide bonds. The van der Waals surface area contributed by atoms with E-state index in [-0.39, 0.29) is 5.54 Å². The van der Waals surface area contributed by atoms with Crippen LogP contribution in [0.5, 0.6) is 0 Å². The Kier molecular flexibility index (Phi) is 2.51. The van der Waals surface area contributed by atoms with Crippen molar-refractivity contribution in [3.8, 4) is 0 Å². The molecule has 0 atom stereocenters. The lowest BCUT2D eigenvalue weighted by molar-refractivity contribution is 0.331. The summed E-state index contributed by atoms with van der Waals surface area (Å²) in [6.45, 7) is 4.47. The zero-order valence-electron chi connectivity index (χ0n) is 10.1. The van der Waals surface area contributed by atoms with Crippen molar-refractivity contribution in [2.75, 3.05) is 6.54 Å². The molecule has 0 unspecified atom stereocenters. The Hall–Kier alpha value is -0.830. The fraction of sp³-hybridized carbons (Fsp3) is 0.769. The predicted octanol–water partition coefficient (Wildman–Crippen LogP) is 2.21. The molecule has 1 aromatic heterocycles. The predicted molar refractivity (Wildman–Crippen MR) is 64.4 cm³/mol. The summed E-state index contributed by atoms with van der Waals surface area (Å²) in [6.07, 6.45) is 9.79. The molecular weight excluding hydrogens is 198 g/mol. The van der Waals surface area contributed by atoms with E-state index in [1.807, 2.05) is 0 Å². The Morgan fingerprint density at radius 2 is 2.19 bits per heavy atom. The number of hydrogen-bond donors (Lipinski definition) is 1. The maximum atomic E-state index is 4.86. The molecule has 2 heterocycles. The highest BCUT2D eigenvalue weighted by atomic mass is 15.2. The minimum absolute atomic E-state index is 0.212. The van der Waals surface area contributed by atoms with E-state index in [0.717, 1.165) is 19.5 Å². The summed E-state index contributed by atoms with van der Waals surface area (Å²) in [5.74, 6) is 1.32. The number of nitrogens with zero attached hydrogens (tertiary/aromatic N) is 2. The van der Waals surface area contributed by atoms with Gasteiger partial charge in [-0.15, -0.1) is 0 Å². The molecular formula is C13H21N3. The van der Waals surface area contributed by atoms with Gasteiger partial charge in [0.1, 0.15) is 5.82 Å². The summed E-state index contributed by atoms with van der Waals surface area (Å²) >= 11 is 0. The summed E-state index contributed by atoms with van der Waals surface area (Å²) in [6, 6.07) is 0. The van der Waals surface area contributed by atoms with E-state index in [9.17, 15) is 0 Å². The second-order valence-corrected chi connectivity index (χ2v) is 5.17. The van der Waals surface area contributed by atoms with Crippen LogP contribution >= 0.6 is 0 Å². The van der Waals surface area contributed by atoms with Crippen LogP contribution in [-0.4, -0.2) is 16.1 Å². The SMILES string of the molecule is CCc1cn2c(n1)C1(CCCC1)NCCC2. The quantitative estimate of drug-likeness (QED) is 0.785. The van der Waals surface area contributed by atoms with Gasteiger partial charge in [-0.2, -0.15) is 0 Å². The van der Waals surface area contributed by atoms with Crippen molar-refractivity contribution in [3.05, 3.63) is 17.7 Å². The highest BCUT2D eigenvalue weighted by Gasteiger charge is 2.40. The highest BCUT2D eigenvalue weighted by molar-refractivity contribution is 5.16. The molecule has 1 aromatic rings. The van der Waals surface area contributed by atoms with Crippen LogP contribution in [0.4, 0.5) is 0 Å². The first-order valence-corrected chi connectivity index (χ1v) is 6.66. The molecule has 1 spiro atoms. The first-order chi connectivity index (χ1) is 7.84. The van der Waals surface area contributed by atoms with Gasteiger partial charge in [-0.3, -0.25) is 0 Å². The number of aryl methyl sites for hydroxylation is 2. The summed E-state index contributed by atoms with van der Waals surface area (Å²) in [5, 5.41) is 3.77. The number of fused-ring (bicyclic) bond motifs is 2. The lowest BCUT2D eigenvalue weighted by Crippen LogP contribution is -2.40. The molecule has 16 heavy (non-hydrogen) atoms. The van der Waals surface area contributed by atoms with Gasteiger partial charge in [0, 0.05) is 12.7 Å². The Morgan fingerprint density at radius 1 is 1.38 bits per heavy atom.